The Balaban J connectivity index is 2.16. The van der Waals surface area contributed by atoms with Crippen LogP contribution in [-0.4, -0.2) is 34.1 Å². The van der Waals surface area contributed by atoms with Gasteiger partial charge in [0.05, 0.1) is 6.23 Å². The number of fused-ring (bicyclic) bond motifs is 2. The van der Waals surface area contributed by atoms with Gasteiger partial charge in [0.15, 0.2) is 0 Å². The highest BCUT2D eigenvalue weighted by atomic mass is 28.4. The van der Waals surface area contributed by atoms with E-state index in [4.69, 9.17) is 8.85 Å². The van der Waals surface area contributed by atoms with Gasteiger partial charge in [0.2, 0.25) is 0 Å². The monoisotopic (exact) mass is 214 g/mol. The molecule has 2 aliphatic rings. The fourth-order valence-corrected chi connectivity index (χ4v) is 5.75. The van der Waals surface area contributed by atoms with Crippen molar-refractivity contribution in [3.63, 3.8) is 0 Å². The molecule has 14 heavy (non-hydrogen) atoms. The SMILES string of the molecule is CO[Si](CO)(OC)C1CC2C=CC1C2. The molecule has 1 saturated carbocycles. The minimum atomic E-state index is -2.33. The van der Waals surface area contributed by atoms with E-state index < -0.39 is 8.56 Å². The van der Waals surface area contributed by atoms with Crippen LogP contribution in [0.2, 0.25) is 5.54 Å². The quantitative estimate of drug-likeness (QED) is 0.565. The Hall–Kier alpha value is -0.163. The van der Waals surface area contributed by atoms with E-state index in [0.717, 1.165) is 6.42 Å². The van der Waals surface area contributed by atoms with Gasteiger partial charge in [-0.1, -0.05) is 12.2 Å². The third-order valence-electron chi connectivity index (χ3n) is 3.76. The molecule has 2 aliphatic carbocycles. The zero-order valence-electron chi connectivity index (χ0n) is 8.77. The summed E-state index contributed by atoms with van der Waals surface area (Å²) in [7, 11) is 1.00. The van der Waals surface area contributed by atoms with E-state index >= 15 is 0 Å². The Morgan fingerprint density at radius 1 is 1.29 bits per heavy atom. The summed E-state index contributed by atoms with van der Waals surface area (Å²) in [5.41, 5.74) is 0.442. The minimum absolute atomic E-state index is 0.0712. The van der Waals surface area contributed by atoms with Crippen LogP contribution in [0.15, 0.2) is 12.2 Å². The van der Waals surface area contributed by atoms with Crippen LogP contribution >= 0.6 is 0 Å². The largest absolute Gasteiger partial charge is 0.396 e. The van der Waals surface area contributed by atoms with Crippen molar-refractivity contribution in [1.82, 2.24) is 0 Å². The second-order valence-corrected chi connectivity index (χ2v) is 7.76. The maximum Gasteiger partial charge on any atom is 0.367 e. The molecule has 3 unspecified atom stereocenters. The van der Waals surface area contributed by atoms with Gasteiger partial charge in [-0.3, -0.25) is 0 Å². The summed E-state index contributed by atoms with van der Waals surface area (Å²) in [5, 5.41) is 9.45. The van der Waals surface area contributed by atoms with Gasteiger partial charge >= 0.3 is 8.56 Å². The molecule has 0 saturated heterocycles. The maximum absolute atomic E-state index is 9.45. The first-order valence-corrected chi connectivity index (χ1v) is 7.25. The highest BCUT2D eigenvalue weighted by molar-refractivity contribution is 6.69. The molecule has 0 aliphatic heterocycles. The van der Waals surface area contributed by atoms with Crippen LogP contribution in [0.4, 0.5) is 0 Å². The molecule has 1 fully saturated rings. The van der Waals surface area contributed by atoms with Crippen molar-refractivity contribution in [2.75, 3.05) is 20.4 Å². The highest BCUT2D eigenvalue weighted by Gasteiger charge is 2.52. The van der Waals surface area contributed by atoms with E-state index in [0.29, 0.717) is 17.4 Å². The van der Waals surface area contributed by atoms with E-state index in [1.165, 1.54) is 6.42 Å². The molecule has 0 aromatic carbocycles. The molecule has 0 heterocycles. The Morgan fingerprint density at radius 2 is 2.00 bits per heavy atom. The summed E-state index contributed by atoms with van der Waals surface area (Å²) in [6.07, 6.45) is 7.00. The summed E-state index contributed by atoms with van der Waals surface area (Å²) in [4.78, 5) is 0. The van der Waals surface area contributed by atoms with E-state index in [9.17, 15) is 5.11 Å². The van der Waals surface area contributed by atoms with Crippen molar-refractivity contribution in [2.45, 2.75) is 18.4 Å². The van der Waals surface area contributed by atoms with Crippen LogP contribution in [0, 0.1) is 11.8 Å². The molecule has 0 amide bonds. The van der Waals surface area contributed by atoms with Gasteiger partial charge in [0, 0.05) is 19.8 Å². The number of aliphatic hydroxyl groups is 1. The summed E-state index contributed by atoms with van der Waals surface area (Å²) in [6, 6.07) is 0. The zero-order chi connectivity index (χ0) is 10.2. The van der Waals surface area contributed by atoms with Crippen molar-refractivity contribution in [1.29, 1.82) is 0 Å². The molecule has 3 nitrogen and oxygen atoms in total. The van der Waals surface area contributed by atoms with E-state index in [1.807, 2.05) is 0 Å². The van der Waals surface area contributed by atoms with Gasteiger partial charge in [-0.2, -0.15) is 0 Å². The lowest BCUT2D eigenvalue weighted by atomic mass is 10.1. The molecule has 0 aromatic rings. The molecule has 1 N–H and O–H groups in total. The Morgan fingerprint density at radius 3 is 2.36 bits per heavy atom. The van der Waals surface area contributed by atoms with Gasteiger partial charge in [0.1, 0.15) is 0 Å². The smallest absolute Gasteiger partial charge is 0.367 e. The van der Waals surface area contributed by atoms with Crippen LogP contribution in [0.1, 0.15) is 12.8 Å². The highest BCUT2D eigenvalue weighted by Crippen LogP contribution is 2.51. The number of allylic oxidation sites excluding steroid dienone is 2. The summed E-state index contributed by atoms with van der Waals surface area (Å²) < 4.78 is 11.0. The average molecular weight is 214 g/mol. The van der Waals surface area contributed by atoms with Gasteiger partial charge in [-0.15, -0.1) is 0 Å². The standard InChI is InChI=1S/C10H18O3Si/c1-12-14(7-11,13-2)10-6-8-3-4-9(10)5-8/h3-4,8-11H,5-7H2,1-2H3. The molecule has 2 rings (SSSR count). The van der Waals surface area contributed by atoms with Gasteiger partial charge in [-0.25, -0.2) is 0 Å². The number of hydrogen-bond donors (Lipinski definition) is 1. The van der Waals surface area contributed by atoms with Crippen molar-refractivity contribution in [3.05, 3.63) is 12.2 Å². The van der Waals surface area contributed by atoms with Crippen LogP contribution in [-0.2, 0) is 8.85 Å². The first kappa shape index (κ1) is 10.4. The van der Waals surface area contributed by atoms with Gasteiger partial charge in [-0.05, 0) is 24.7 Å². The summed E-state index contributed by atoms with van der Waals surface area (Å²) >= 11 is 0. The number of hydrogen-bond acceptors (Lipinski definition) is 3. The first-order chi connectivity index (χ1) is 6.75. The maximum atomic E-state index is 9.45. The predicted molar refractivity (Wildman–Crippen MR) is 56.0 cm³/mol. The molecule has 80 valence electrons. The second-order valence-electron chi connectivity index (χ2n) is 4.26. The number of rotatable bonds is 4. The number of aliphatic hydroxyl groups excluding tert-OH is 1. The minimum Gasteiger partial charge on any atom is -0.396 e. The van der Waals surface area contributed by atoms with Crippen molar-refractivity contribution >= 4 is 8.56 Å². The Kier molecular flexibility index (Phi) is 2.79. The second kappa shape index (κ2) is 3.77. The molecule has 0 spiro atoms. The third kappa shape index (κ3) is 1.37. The van der Waals surface area contributed by atoms with Crippen molar-refractivity contribution in [2.24, 2.45) is 11.8 Å². The van der Waals surface area contributed by atoms with Gasteiger partial charge in [0.25, 0.3) is 0 Å². The van der Waals surface area contributed by atoms with E-state index in [1.54, 1.807) is 14.2 Å². The lowest BCUT2D eigenvalue weighted by molar-refractivity contribution is 0.180. The lowest BCUT2D eigenvalue weighted by Crippen LogP contribution is -2.50. The lowest BCUT2D eigenvalue weighted by Gasteiger charge is -2.34. The van der Waals surface area contributed by atoms with Crippen LogP contribution in [0.5, 0.6) is 0 Å². The molecule has 3 atom stereocenters. The molecule has 0 radical (unpaired) electrons. The third-order valence-corrected chi connectivity index (χ3v) is 7.37. The Bertz CT molecular complexity index is 229. The van der Waals surface area contributed by atoms with Crippen molar-refractivity contribution < 1.29 is 14.0 Å². The van der Waals surface area contributed by atoms with Gasteiger partial charge < -0.3 is 14.0 Å². The van der Waals surface area contributed by atoms with E-state index in [-0.39, 0.29) is 6.23 Å². The first-order valence-electron chi connectivity index (χ1n) is 5.15. The fourth-order valence-electron chi connectivity index (χ4n) is 2.92. The normalized spacial score (nSPS) is 35.5. The van der Waals surface area contributed by atoms with Crippen molar-refractivity contribution in [3.8, 4) is 0 Å². The summed E-state index contributed by atoms with van der Waals surface area (Å²) in [5.74, 6) is 1.28. The molecule has 2 bridgehead atoms. The molecular formula is C10H18O3Si. The average Bonchev–Trinajstić information content (AvgIpc) is 2.83. The van der Waals surface area contributed by atoms with Crippen LogP contribution in [0.25, 0.3) is 0 Å². The molecule has 0 aromatic heterocycles. The summed E-state index contributed by atoms with van der Waals surface area (Å²) in [6.45, 7) is 0. The molecular weight excluding hydrogens is 196 g/mol. The Labute approximate surface area is 86.0 Å². The van der Waals surface area contributed by atoms with Crippen LogP contribution < -0.4 is 0 Å². The zero-order valence-corrected chi connectivity index (χ0v) is 9.77. The van der Waals surface area contributed by atoms with Crippen LogP contribution in [0.3, 0.4) is 0 Å². The fraction of sp³-hybridized carbons (Fsp3) is 0.800. The van der Waals surface area contributed by atoms with E-state index in [2.05, 4.69) is 12.2 Å². The molecule has 4 heteroatoms. The topological polar surface area (TPSA) is 38.7 Å². The predicted octanol–water partition coefficient (Wildman–Crippen LogP) is 1.22.